The zero-order valence-electron chi connectivity index (χ0n) is 8.80. The van der Waals surface area contributed by atoms with E-state index in [1.54, 1.807) is 0 Å². The third-order valence-electron chi connectivity index (χ3n) is 1.60. The van der Waals surface area contributed by atoms with E-state index >= 15 is 0 Å². The summed E-state index contributed by atoms with van der Waals surface area (Å²) in [5.41, 5.74) is 0.868. The number of carbonyl (C=O) groups is 1. The summed E-state index contributed by atoms with van der Waals surface area (Å²) in [6.45, 7) is 7.06. The molecule has 0 unspecified atom stereocenters. The molecule has 0 saturated carbocycles. The van der Waals surface area contributed by atoms with Crippen LogP contribution in [0.1, 0.15) is 40.0 Å². The lowest BCUT2D eigenvalue weighted by Crippen LogP contribution is -2.09. The fourth-order valence-electron chi connectivity index (χ4n) is 0.905. The molecule has 13 heavy (non-hydrogen) atoms. The Morgan fingerprint density at radius 1 is 1.38 bits per heavy atom. The molecule has 0 aliphatic carbocycles. The van der Waals surface area contributed by atoms with Crippen LogP contribution in [0.15, 0.2) is 4.99 Å². The molecule has 0 aromatic heterocycles. The highest BCUT2D eigenvalue weighted by Crippen LogP contribution is 1.93. The molecule has 0 bridgehead atoms. The first-order valence-corrected chi connectivity index (χ1v) is 4.86. The Morgan fingerprint density at radius 2 is 2.08 bits per heavy atom. The molecule has 0 rings (SSSR count). The van der Waals surface area contributed by atoms with E-state index in [4.69, 9.17) is 4.74 Å². The van der Waals surface area contributed by atoms with Gasteiger partial charge in [-0.1, -0.05) is 13.3 Å². The lowest BCUT2D eigenvalue weighted by molar-refractivity contribution is -0.141. The molecule has 3 heteroatoms. The fourth-order valence-corrected chi connectivity index (χ4v) is 0.905. The summed E-state index contributed by atoms with van der Waals surface area (Å²) in [5.74, 6) is -0.180. The third kappa shape index (κ3) is 7.50. The third-order valence-corrected chi connectivity index (χ3v) is 1.60. The van der Waals surface area contributed by atoms with Gasteiger partial charge in [0.15, 0.2) is 0 Å². The van der Waals surface area contributed by atoms with E-state index in [1.165, 1.54) is 0 Å². The van der Waals surface area contributed by atoms with E-state index in [2.05, 4.69) is 11.9 Å². The molecule has 3 nitrogen and oxygen atoms in total. The molecule has 0 fully saturated rings. The minimum atomic E-state index is -0.180. The highest BCUT2D eigenvalue weighted by molar-refractivity contribution is 5.97. The summed E-state index contributed by atoms with van der Waals surface area (Å²) in [7, 11) is 0. The van der Waals surface area contributed by atoms with Gasteiger partial charge in [-0.05, 0) is 20.3 Å². The van der Waals surface area contributed by atoms with Crippen molar-refractivity contribution in [3.63, 3.8) is 0 Å². The Balaban J connectivity index is 3.64. The summed E-state index contributed by atoms with van der Waals surface area (Å²) in [6.07, 6.45) is 2.55. The quantitative estimate of drug-likeness (QED) is 0.361. The zero-order chi connectivity index (χ0) is 10.1. The number of esters is 1. The van der Waals surface area contributed by atoms with E-state index in [9.17, 15) is 4.79 Å². The number of carbonyl (C=O) groups excluding carboxylic acids is 1. The largest absolute Gasteiger partial charge is 0.466 e. The van der Waals surface area contributed by atoms with Crippen molar-refractivity contribution in [2.45, 2.75) is 40.0 Å². The van der Waals surface area contributed by atoms with Crippen LogP contribution < -0.4 is 0 Å². The molecule has 0 aromatic rings. The monoisotopic (exact) mass is 185 g/mol. The van der Waals surface area contributed by atoms with Gasteiger partial charge in [0.05, 0.1) is 13.0 Å². The van der Waals surface area contributed by atoms with Crippen LogP contribution in [-0.4, -0.2) is 24.8 Å². The lowest BCUT2D eigenvalue weighted by Gasteiger charge is -2.01. The van der Waals surface area contributed by atoms with Crippen molar-refractivity contribution in [3.8, 4) is 0 Å². The maximum absolute atomic E-state index is 11.0. The molecule has 76 valence electrons. The van der Waals surface area contributed by atoms with Gasteiger partial charge in [0.25, 0.3) is 0 Å². The SMILES string of the molecule is CCCC/N=C(/C)CC(=O)OCC. The molecule has 0 saturated heterocycles. The lowest BCUT2D eigenvalue weighted by atomic mass is 10.3. The van der Waals surface area contributed by atoms with Crippen LogP contribution in [0.3, 0.4) is 0 Å². The van der Waals surface area contributed by atoms with Crippen LogP contribution in [0.4, 0.5) is 0 Å². The van der Waals surface area contributed by atoms with Crippen molar-refractivity contribution < 1.29 is 9.53 Å². The Bertz CT molecular complexity index is 176. The number of ether oxygens (including phenoxy) is 1. The van der Waals surface area contributed by atoms with Gasteiger partial charge in [-0.15, -0.1) is 0 Å². The number of hydrogen-bond donors (Lipinski definition) is 0. The van der Waals surface area contributed by atoms with E-state index in [1.807, 2.05) is 13.8 Å². The Labute approximate surface area is 80.2 Å². The number of nitrogens with zero attached hydrogens (tertiary/aromatic N) is 1. The topological polar surface area (TPSA) is 38.7 Å². The average Bonchev–Trinajstić information content (AvgIpc) is 2.05. The predicted molar refractivity (Wildman–Crippen MR) is 54.1 cm³/mol. The van der Waals surface area contributed by atoms with Gasteiger partial charge >= 0.3 is 5.97 Å². The predicted octanol–water partition coefficient (Wildman–Crippen LogP) is 2.20. The summed E-state index contributed by atoms with van der Waals surface area (Å²) in [5, 5.41) is 0. The second-order valence-electron chi connectivity index (χ2n) is 2.95. The Morgan fingerprint density at radius 3 is 2.62 bits per heavy atom. The smallest absolute Gasteiger partial charge is 0.311 e. The van der Waals surface area contributed by atoms with Crippen LogP contribution in [0.5, 0.6) is 0 Å². The molecular weight excluding hydrogens is 166 g/mol. The fraction of sp³-hybridized carbons (Fsp3) is 0.800. The molecule has 0 aliphatic rings. The molecule has 0 radical (unpaired) electrons. The van der Waals surface area contributed by atoms with Gasteiger partial charge in [0, 0.05) is 12.3 Å². The van der Waals surface area contributed by atoms with Gasteiger partial charge in [-0.3, -0.25) is 9.79 Å². The maximum Gasteiger partial charge on any atom is 0.311 e. The number of aliphatic imine (C=N–C) groups is 1. The normalized spacial score (nSPS) is 11.5. The van der Waals surface area contributed by atoms with Crippen LogP contribution >= 0.6 is 0 Å². The number of rotatable bonds is 6. The summed E-state index contributed by atoms with van der Waals surface area (Å²) in [4.78, 5) is 15.2. The van der Waals surface area contributed by atoms with Crippen molar-refractivity contribution in [1.29, 1.82) is 0 Å². The highest BCUT2D eigenvalue weighted by Gasteiger charge is 2.02. The first-order valence-electron chi connectivity index (χ1n) is 4.86. The van der Waals surface area contributed by atoms with Crippen molar-refractivity contribution in [3.05, 3.63) is 0 Å². The summed E-state index contributed by atoms with van der Waals surface area (Å²) in [6, 6.07) is 0. The van der Waals surface area contributed by atoms with Crippen molar-refractivity contribution in [2.75, 3.05) is 13.2 Å². The average molecular weight is 185 g/mol. The minimum Gasteiger partial charge on any atom is -0.466 e. The van der Waals surface area contributed by atoms with Gasteiger partial charge in [-0.2, -0.15) is 0 Å². The first kappa shape index (κ1) is 12.1. The van der Waals surface area contributed by atoms with Crippen molar-refractivity contribution in [2.24, 2.45) is 4.99 Å². The van der Waals surface area contributed by atoms with Gasteiger partial charge < -0.3 is 4.74 Å². The minimum absolute atomic E-state index is 0.180. The zero-order valence-corrected chi connectivity index (χ0v) is 8.80. The van der Waals surface area contributed by atoms with E-state index in [0.29, 0.717) is 13.0 Å². The van der Waals surface area contributed by atoms with Gasteiger partial charge in [0.1, 0.15) is 0 Å². The second-order valence-corrected chi connectivity index (χ2v) is 2.95. The van der Waals surface area contributed by atoms with Crippen molar-refractivity contribution in [1.82, 2.24) is 0 Å². The van der Waals surface area contributed by atoms with E-state index < -0.39 is 0 Å². The summed E-state index contributed by atoms with van der Waals surface area (Å²) >= 11 is 0. The Kier molecular flexibility index (Phi) is 7.26. The van der Waals surface area contributed by atoms with Gasteiger partial charge in [-0.25, -0.2) is 0 Å². The number of unbranched alkanes of at least 4 members (excludes halogenated alkanes) is 1. The van der Waals surface area contributed by atoms with Crippen molar-refractivity contribution >= 4 is 11.7 Å². The molecule has 0 heterocycles. The molecule has 0 aromatic carbocycles. The molecule has 0 spiro atoms. The molecule has 0 N–H and O–H groups in total. The molecule has 0 aliphatic heterocycles. The van der Waals surface area contributed by atoms with E-state index in [0.717, 1.165) is 25.1 Å². The van der Waals surface area contributed by atoms with Crippen LogP contribution in [0, 0.1) is 0 Å². The Hall–Kier alpha value is -0.860. The molecule has 0 atom stereocenters. The number of hydrogen-bond acceptors (Lipinski definition) is 3. The van der Waals surface area contributed by atoms with E-state index in [-0.39, 0.29) is 5.97 Å². The van der Waals surface area contributed by atoms with Crippen LogP contribution in [0.25, 0.3) is 0 Å². The van der Waals surface area contributed by atoms with Gasteiger partial charge in [0.2, 0.25) is 0 Å². The van der Waals surface area contributed by atoms with Crippen LogP contribution in [-0.2, 0) is 9.53 Å². The second kappa shape index (κ2) is 7.77. The highest BCUT2D eigenvalue weighted by atomic mass is 16.5. The maximum atomic E-state index is 11.0. The standard InChI is InChI=1S/C10H19NO2/c1-4-6-7-11-9(3)8-10(12)13-5-2/h4-8H2,1-3H3/b11-9-. The summed E-state index contributed by atoms with van der Waals surface area (Å²) < 4.78 is 4.80. The molecule has 0 amide bonds. The van der Waals surface area contributed by atoms with Crippen LogP contribution in [0.2, 0.25) is 0 Å². The first-order chi connectivity index (χ1) is 6.20. The molecular formula is C10H19NO2.